The van der Waals surface area contributed by atoms with Crippen molar-refractivity contribution in [2.45, 2.75) is 32.3 Å². The van der Waals surface area contributed by atoms with Crippen LogP contribution in [0.2, 0.25) is 0 Å². The molecule has 0 aliphatic heterocycles. The van der Waals surface area contributed by atoms with Gasteiger partial charge in [-0.25, -0.2) is 9.78 Å². The molecule has 1 aliphatic rings. The van der Waals surface area contributed by atoms with Crippen molar-refractivity contribution in [3.63, 3.8) is 0 Å². The average Bonchev–Trinajstić information content (AvgIpc) is 2.99. The van der Waals surface area contributed by atoms with Crippen LogP contribution in [0.5, 0.6) is 0 Å². The first-order valence-electron chi connectivity index (χ1n) is 7.98. The Morgan fingerprint density at radius 3 is 2.83 bits per heavy atom. The highest BCUT2D eigenvalue weighted by Gasteiger charge is 2.20. The van der Waals surface area contributed by atoms with Crippen LogP contribution in [0, 0.1) is 0 Å². The first-order valence-corrected chi connectivity index (χ1v) is 8.79. The number of benzene rings is 1. The van der Waals surface area contributed by atoms with E-state index < -0.39 is 5.97 Å². The molecule has 1 aromatic carbocycles. The zero-order valence-corrected chi connectivity index (χ0v) is 13.8. The molecule has 122 valence electrons. The minimum Gasteiger partial charge on any atom is -0.454 e. The molecular weight excluding hydrogens is 324 g/mol. The summed E-state index contributed by atoms with van der Waals surface area (Å²) in [5.41, 5.74) is 1.50. The molecular formula is C18H16N2O3S. The number of rotatable bonds is 3. The predicted octanol–water partition coefficient (Wildman–Crippen LogP) is 3.22. The minimum absolute atomic E-state index is 0.0402. The number of esters is 1. The van der Waals surface area contributed by atoms with Gasteiger partial charge in [0.1, 0.15) is 17.3 Å². The molecule has 1 N–H and O–H groups in total. The van der Waals surface area contributed by atoms with Gasteiger partial charge in [-0.15, -0.1) is 11.3 Å². The number of H-pyrrole nitrogens is 1. The summed E-state index contributed by atoms with van der Waals surface area (Å²) in [7, 11) is 0. The summed E-state index contributed by atoms with van der Waals surface area (Å²) in [4.78, 5) is 33.7. The van der Waals surface area contributed by atoms with Gasteiger partial charge < -0.3 is 9.72 Å². The number of thiophene rings is 1. The summed E-state index contributed by atoms with van der Waals surface area (Å²) >= 11 is 1.59. The van der Waals surface area contributed by atoms with Gasteiger partial charge in [0, 0.05) is 4.88 Å². The zero-order chi connectivity index (χ0) is 16.5. The van der Waals surface area contributed by atoms with Crippen LogP contribution < -0.4 is 5.56 Å². The molecule has 6 heteroatoms. The Hall–Kier alpha value is -2.47. The van der Waals surface area contributed by atoms with E-state index in [0.717, 1.165) is 29.7 Å². The van der Waals surface area contributed by atoms with E-state index in [4.69, 9.17) is 4.74 Å². The standard InChI is InChI=1S/C18H16N2O3S/c21-16-15-12-8-4-5-9-13(12)24-17(15)20-14(19-16)10-23-18(22)11-6-2-1-3-7-11/h1-3,6-7H,4-5,8-10H2,(H,19,20,21). The third kappa shape index (κ3) is 2.73. The Labute approximate surface area is 142 Å². The van der Waals surface area contributed by atoms with Crippen molar-refractivity contribution in [2.75, 3.05) is 0 Å². The molecule has 0 saturated heterocycles. The van der Waals surface area contributed by atoms with Crippen LogP contribution in [0.3, 0.4) is 0 Å². The van der Waals surface area contributed by atoms with Gasteiger partial charge in [-0.3, -0.25) is 4.79 Å². The number of carbonyl (C=O) groups is 1. The van der Waals surface area contributed by atoms with Crippen LogP contribution in [0.4, 0.5) is 0 Å². The largest absolute Gasteiger partial charge is 0.454 e. The van der Waals surface area contributed by atoms with E-state index in [2.05, 4.69) is 9.97 Å². The molecule has 5 nitrogen and oxygen atoms in total. The second-order valence-corrected chi connectivity index (χ2v) is 6.93. The first kappa shape index (κ1) is 15.1. The summed E-state index contributed by atoms with van der Waals surface area (Å²) in [5.74, 6) is -0.0424. The lowest BCUT2D eigenvalue weighted by atomic mass is 9.97. The van der Waals surface area contributed by atoms with Gasteiger partial charge in [-0.2, -0.15) is 0 Å². The lowest BCUT2D eigenvalue weighted by Crippen LogP contribution is -2.15. The number of aromatic amines is 1. The summed E-state index contributed by atoms with van der Waals surface area (Å²) in [6, 6.07) is 8.77. The SMILES string of the molecule is O=C(OCc1nc2sc3c(c2c(=O)[nH]1)CCCC3)c1ccccc1. The third-order valence-electron chi connectivity index (χ3n) is 4.22. The van der Waals surface area contributed by atoms with Crippen LogP contribution in [-0.4, -0.2) is 15.9 Å². The Bertz CT molecular complexity index is 960. The van der Waals surface area contributed by atoms with Gasteiger partial charge in [0.05, 0.1) is 10.9 Å². The number of ether oxygens (including phenoxy) is 1. The number of carbonyl (C=O) groups excluding carboxylic acids is 1. The monoisotopic (exact) mass is 340 g/mol. The van der Waals surface area contributed by atoms with Crippen molar-refractivity contribution in [3.05, 3.63) is 62.5 Å². The summed E-state index contributed by atoms with van der Waals surface area (Å²) < 4.78 is 5.25. The maximum Gasteiger partial charge on any atom is 0.338 e. The van der Waals surface area contributed by atoms with E-state index in [1.807, 2.05) is 6.07 Å². The lowest BCUT2D eigenvalue weighted by Gasteiger charge is -2.09. The molecule has 0 unspecified atom stereocenters. The van der Waals surface area contributed by atoms with Crippen LogP contribution >= 0.6 is 11.3 Å². The quantitative estimate of drug-likeness (QED) is 0.743. The molecule has 4 rings (SSSR count). The summed E-state index contributed by atoms with van der Waals surface area (Å²) in [6.07, 6.45) is 4.25. The fourth-order valence-electron chi connectivity index (χ4n) is 3.07. The molecule has 3 aromatic rings. The highest BCUT2D eigenvalue weighted by Crippen LogP contribution is 2.33. The normalized spacial score (nSPS) is 13.7. The Morgan fingerprint density at radius 2 is 2.00 bits per heavy atom. The predicted molar refractivity (Wildman–Crippen MR) is 92.4 cm³/mol. The lowest BCUT2D eigenvalue weighted by molar-refractivity contribution is 0.0462. The van der Waals surface area contributed by atoms with Crippen molar-refractivity contribution in [3.8, 4) is 0 Å². The minimum atomic E-state index is -0.427. The fraction of sp³-hybridized carbons (Fsp3) is 0.278. The first-order chi connectivity index (χ1) is 11.7. The average molecular weight is 340 g/mol. The number of aromatic nitrogens is 2. The number of fused-ring (bicyclic) bond motifs is 3. The maximum absolute atomic E-state index is 12.4. The van der Waals surface area contributed by atoms with Crippen LogP contribution in [0.15, 0.2) is 35.1 Å². The molecule has 0 amide bonds. The summed E-state index contributed by atoms with van der Waals surface area (Å²) in [5, 5.41) is 0.716. The van der Waals surface area contributed by atoms with Crippen LogP contribution in [0.1, 0.15) is 39.5 Å². The number of hydrogen-bond donors (Lipinski definition) is 1. The summed E-state index contributed by atoms with van der Waals surface area (Å²) in [6.45, 7) is -0.0402. The van der Waals surface area contributed by atoms with Gasteiger partial charge in [-0.1, -0.05) is 18.2 Å². The molecule has 0 spiro atoms. The molecule has 24 heavy (non-hydrogen) atoms. The number of aryl methyl sites for hydroxylation is 2. The molecule has 0 bridgehead atoms. The van der Waals surface area contributed by atoms with Crippen LogP contribution in [-0.2, 0) is 24.2 Å². The van der Waals surface area contributed by atoms with Crippen molar-refractivity contribution in [1.29, 1.82) is 0 Å². The smallest absolute Gasteiger partial charge is 0.338 e. The molecule has 0 atom stereocenters. The molecule has 2 heterocycles. The molecule has 0 saturated carbocycles. The van der Waals surface area contributed by atoms with Gasteiger partial charge in [0.2, 0.25) is 0 Å². The topological polar surface area (TPSA) is 72.0 Å². The van der Waals surface area contributed by atoms with Gasteiger partial charge in [-0.05, 0) is 43.4 Å². The van der Waals surface area contributed by atoms with E-state index in [1.165, 1.54) is 11.3 Å². The third-order valence-corrected chi connectivity index (χ3v) is 5.41. The second-order valence-electron chi connectivity index (χ2n) is 5.85. The Balaban J connectivity index is 1.59. The number of hydrogen-bond acceptors (Lipinski definition) is 5. The zero-order valence-electron chi connectivity index (χ0n) is 13.0. The van der Waals surface area contributed by atoms with Gasteiger partial charge in [0.25, 0.3) is 5.56 Å². The Morgan fingerprint density at radius 1 is 1.21 bits per heavy atom. The fourth-order valence-corrected chi connectivity index (χ4v) is 4.35. The van der Waals surface area contributed by atoms with Gasteiger partial charge >= 0.3 is 5.97 Å². The van der Waals surface area contributed by atoms with Crippen molar-refractivity contribution in [2.24, 2.45) is 0 Å². The van der Waals surface area contributed by atoms with E-state index >= 15 is 0 Å². The van der Waals surface area contributed by atoms with E-state index in [0.29, 0.717) is 16.8 Å². The van der Waals surface area contributed by atoms with Gasteiger partial charge in [0.15, 0.2) is 0 Å². The molecule has 0 fully saturated rings. The van der Waals surface area contributed by atoms with E-state index in [9.17, 15) is 9.59 Å². The highest BCUT2D eigenvalue weighted by atomic mass is 32.1. The van der Waals surface area contributed by atoms with Crippen molar-refractivity contribution < 1.29 is 9.53 Å². The van der Waals surface area contributed by atoms with Crippen LogP contribution in [0.25, 0.3) is 10.2 Å². The highest BCUT2D eigenvalue weighted by molar-refractivity contribution is 7.18. The number of nitrogens with zero attached hydrogens (tertiary/aromatic N) is 1. The van der Waals surface area contributed by atoms with Crippen molar-refractivity contribution >= 4 is 27.5 Å². The van der Waals surface area contributed by atoms with E-state index in [1.54, 1.807) is 35.6 Å². The maximum atomic E-state index is 12.4. The second kappa shape index (κ2) is 6.20. The van der Waals surface area contributed by atoms with E-state index in [-0.39, 0.29) is 12.2 Å². The van der Waals surface area contributed by atoms with Crippen molar-refractivity contribution in [1.82, 2.24) is 9.97 Å². The molecule has 1 aliphatic carbocycles. The Kier molecular flexibility index (Phi) is 3.90. The molecule has 0 radical (unpaired) electrons. The molecule has 2 aromatic heterocycles. The number of nitrogens with one attached hydrogen (secondary N) is 1.